The number of furan rings is 1. The number of amides is 1. The number of nitrogens with one attached hydrogen (secondary N) is 1. The third-order valence-electron chi connectivity index (χ3n) is 8.14. The second-order valence-electron chi connectivity index (χ2n) is 11.4. The van der Waals surface area contributed by atoms with Crippen LogP contribution < -0.4 is 19.5 Å². The molecular weight excluding hydrogens is 610 g/mol. The van der Waals surface area contributed by atoms with Gasteiger partial charge < -0.3 is 33.8 Å². The lowest BCUT2D eigenvalue weighted by Crippen LogP contribution is -2.39. The van der Waals surface area contributed by atoms with Crippen molar-refractivity contribution in [3.05, 3.63) is 113 Å². The van der Waals surface area contributed by atoms with E-state index in [1.54, 1.807) is 26.4 Å². The van der Waals surface area contributed by atoms with Gasteiger partial charge in [0.05, 0.1) is 40.6 Å². The van der Waals surface area contributed by atoms with Crippen molar-refractivity contribution in [1.82, 2.24) is 5.32 Å². The minimum Gasteiger partial charge on any atom is -0.497 e. The van der Waals surface area contributed by atoms with E-state index in [9.17, 15) is 14.7 Å². The summed E-state index contributed by atoms with van der Waals surface area (Å²) in [6, 6.07) is 28.0. The fourth-order valence-corrected chi connectivity index (χ4v) is 5.59. The summed E-state index contributed by atoms with van der Waals surface area (Å²) >= 11 is 0. The van der Waals surface area contributed by atoms with Gasteiger partial charge in [-0.25, -0.2) is 4.79 Å². The number of benzene rings is 4. The highest BCUT2D eigenvalue weighted by Crippen LogP contribution is 2.40. The number of hydrogen-bond acceptors (Lipinski definition) is 8. The molecule has 0 spiro atoms. The average molecular weight is 652 g/mol. The van der Waals surface area contributed by atoms with Crippen molar-refractivity contribution >= 4 is 22.8 Å². The Hall–Kier alpha value is -5.28. The zero-order chi connectivity index (χ0) is 33.9. The minimum atomic E-state index is -0.516. The third-order valence-corrected chi connectivity index (χ3v) is 8.14. The van der Waals surface area contributed by atoms with Crippen LogP contribution in [-0.2, 0) is 28.8 Å². The van der Waals surface area contributed by atoms with Gasteiger partial charge in [0, 0.05) is 17.4 Å². The van der Waals surface area contributed by atoms with Crippen LogP contribution in [0.3, 0.4) is 0 Å². The minimum absolute atomic E-state index is 0.171. The lowest BCUT2D eigenvalue weighted by atomic mass is 10.0. The molecule has 0 aliphatic rings. The van der Waals surface area contributed by atoms with E-state index in [2.05, 4.69) is 5.32 Å². The Morgan fingerprint density at radius 1 is 0.792 bits per heavy atom. The molecule has 4 aromatic carbocycles. The molecule has 9 nitrogen and oxygen atoms in total. The second kappa shape index (κ2) is 16.5. The molecule has 2 N–H and O–H groups in total. The summed E-state index contributed by atoms with van der Waals surface area (Å²) in [5.74, 6) is 1.55. The highest BCUT2D eigenvalue weighted by molar-refractivity contribution is 6.10. The number of ether oxygens (including phenoxy) is 4. The smallest absolute Gasteiger partial charge is 0.342 e. The first-order chi connectivity index (χ1) is 23.4. The molecule has 0 fully saturated rings. The van der Waals surface area contributed by atoms with Gasteiger partial charge in [0.25, 0.3) is 0 Å². The monoisotopic (exact) mass is 651 g/mol. The van der Waals surface area contributed by atoms with Gasteiger partial charge in [-0.1, -0.05) is 42.5 Å². The van der Waals surface area contributed by atoms with Crippen molar-refractivity contribution in [2.24, 2.45) is 0 Å². The highest BCUT2D eigenvalue weighted by Gasteiger charge is 2.26. The largest absolute Gasteiger partial charge is 0.497 e. The molecule has 0 aliphatic carbocycles. The molecule has 0 bridgehead atoms. The van der Waals surface area contributed by atoms with E-state index in [0.717, 1.165) is 28.9 Å². The predicted octanol–water partition coefficient (Wildman–Crippen LogP) is 6.57. The fourth-order valence-electron chi connectivity index (χ4n) is 5.59. The summed E-state index contributed by atoms with van der Waals surface area (Å²) in [7, 11) is 4.75. The quantitative estimate of drug-likeness (QED) is 0.0910. The molecule has 5 aromatic rings. The SMILES string of the molecule is COc1ccc(CCCOC(=O)c2c(-c3ccc(OC)cc3)oc3c(OC)cc(CCC(=O)N[C@H](CO)Cc4ccccc4)cc23)cc1. The molecule has 5 rings (SSSR count). The Morgan fingerprint density at radius 2 is 1.48 bits per heavy atom. The van der Waals surface area contributed by atoms with Gasteiger partial charge in [-0.15, -0.1) is 0 Å². The Balaban J connectivity index is 1.36. The second-order valence-corrected chi connectivity index (χ2v) is 11.4. The third kappa shape index (κ3) is 8.54. The molecule has 250 valence electrons. The van der Waals surface area contributed by atoms with Gasteiger partial charge in [0.15, 0.2) is 11.3 Å². The first-order valence-electron chi connectivity index (χ1n) is 15.9. The number of carbonyl (C=O) groups excluding carboxylic acids is 2. The van der Waals surface area contributed by atoms with Crippen LogP contribution in [-0.4, -0.2) is 57.6 Å². The summed E-state index contributed by atoms with van der Waals surface area (Å²) in [6.07, 6.45) is 2.44. The van der Waals surface area contributed by atoms with E-state index in [-0.39, 0.29) is 31.1 Å². The first-order valence-corrected chi connectivity index (χ1v) is 15.9. The van der Waals surface area contributed by atoms with Crippen molar-refractivity contribution < 1.29 is 38.1 Å². The van der Waals surface area contributed by atoms with Gasteiger partial charge in [-0.2, -0.15) is 0 Å². The first kappa shape index (κ1) is 34.1. The molecule has 0 unspecified atom stereocenters. The van der Waals surface area contributed by atoms with Gasteiger partial charge in [-0.05, 0) is 90.9 Å². The number of esters is 1. The lowest BCUT2D eigenvalue weighted by molar-refractivity contribution is -0.122. The van der Waals surface area contributed by atoms with Crippen LogP contribution in [0.5, 0.6) is 17.2 Å². The van der Waals surface area contributed by atoms with Crippen molar-refractivity contribution in [2.75, 3.05) is 34.5 Å². The van der Waals surface area contributed by atoms with E-state index in [1.165, 1.54) is 7.11 Å². The zero-order valence-corrected chi connectivity index (χ0v) is 27.5. The normalized spacial score (nSPS) is 11.6. The molecular formula is C39H41NO8. The standard InChI is InChI=1S/C39H41NO8/c1-44-31-16-11-26(12-17-31)10-7-21-47-39(43)36-33-23-28(13-20-35(42)40-30(25-41)22-27-8-5-4-6-9-27)24-34(46-3)38(33)48-37(36)29-14-18-32(45-2)19-15-29/h4-6,8-9,11-12,14-19,23-24,30,41H,7,10,13,20-22,25H2,1-3H3,(H,40,42)/t30-/m0/s1. The van der Waals surface area contributed by atoms with Crippen molar-refractivity contribution in [3.8, 4) is 28.6 Å². The predicted molar refractivity (Wildman–Crippen MR) is 184 cm³/mol. The molecule has 0 saturated heterocycles. The summed E-state index contributed by atoms with van der Waals surface area (Å²) in [4.78, 5) is 26.7. The topological polar surface area (TPSA) is 116 Å². The van der Waals surface area contributed by atoms with Crippen LogP contribution in [0, 0.1) is 0 Å². The van der Waals surface area contributed by atoms with Crippen LogP contribution in [0.4, 0.5) is 0 Å². The summed E-state index contributed by atoms with van der Waals surface area (Å²) in [5, 5.41) is 13.3. The van der Waals surface area contributed by atoms with Crippen molar-refractivity contribution in [1.29, 1.82) is 0 Å². The maximum absolute atomic E-state index is 13.8. The number of carbonyl (C=O) groups is 2. The highest BCUT2D eigenvalue weighted by atomic mass is 16.5. The van der Waals surface area contributed by atoms with Gasteiger partial charge in [0.1, 0.15) is 22.8 Å². The molecule has 1 aromatic heterocycles. The molecule has 1 amide bonds. The number of methoxy groups -OCH3 is 3. The van der Waals surface area contributed by atoms with E-state index < -0.39 is 12.0 Å². The van der Waals surface area contributed by atoms with Crippen molar-refractivity contribution in [2.45, 2.75) is 38.1 Å². The Kier molecular flexibility index (Phi) is 11.7. The summed E-state index contributed by atoms with van der Waals surface area (Å²) in [5.41, 5.74) is 4.29. The van der Waals surface area contributed by atoms with E-state index in [4.69, 9.17) is 23.4 Å². The molecule has 1 heterocycles. The Morgan fingerprint density at radius 3 is 2.12 bits per heavy atom. The molecule has 0 aliphatic heterocycles. The van der Waals surface area contributed by atoms with Crippen molar-refractivity contribution in [3.63, 3.8) is 0 Å². The number of aliphatic hydroxyl groups excluding tert-OH is 1. The van der Waals surface area contributed by atoms with Crippen LogP contribution >= 0.6 is 0 Å². The number of aryl methyl sites for hydroxylation is 2. The van der Waals surface area contributed by atoms with Gasteiger partial charge in [0.2, 0.25) is 5.91 Å². The van der Waals surface area contributed by atoms with Crippen LogP contribution in [0.1, 0.15) is 39.9 Å². The fraction of sp³-hybridized carbons (Fsp3) is 0.282. The lowest BCUT2D eigenvalue weighted by Gasteiger charge is -2.16. The number of fused-ring (bicyclic) bond motifs is 1. The number of rotatable bonds is 16. The van der Waals surface area contributed by atoms with Crippen LogP contribution in [0.25, 0.3) is 22.3 Å². The number of aliphatic hydroxyl groups is 1. The van der Waals surface area contributed by atoms with E-state index >= 15 is 0 Å². The maximum Gasteiger partial charge on any atom is 0.342 e. The molecule has 9 heteroatoms. The molecule has 0 radical (unpaired) electrons. The summed E-state index contributed by atoms with van der Waals surface area (Å²) in [6.45, 7) is 0.0424. The Bertz CT molecular complexity index is 1800. The van der Waals surface area contributed by atoms with E-state index in [1.807, 2.05) is 78.9 Å². The van der Waals surface area contributed by atoms with Crippen LogP contribution in [0.2, 0.25) is 0 Å². The average Bonchev–Trinajstić information content (AvgIpc) is 3.52. The van der Waals surface area contributed by atoms with E-state index in [0.29, 0.717) is 53.1 Å². The molecule has 0 saturated carbocycles. The zero-order valence-electron chi connectivity index (χ0n) is 27.5. The Labute approximate surface area is 280 Å². The number of hydrogen-bond donors (Lipinski definition) is 2. The van der Waals surface area contributed by atoms with Gasteiger partial charge >= 0.3 is 5.97 Å². The molecule has 1 atom stereocenters. The van der Waals surface area contributed by atoms with Crippen LogP contribution in [0.15, 0.2) is 95.4 Å². The maximum atomic E-state index is 13.8. The summed E-state index contributed by atoms with van der Waals surface area (Å²) < 4.78 is 28.4. The molecule has 48 heavy (non-hydrogen) atoms. The van der Waals surface area contributed by atoms with Gasteiger partial charge in [-0.3, -0.25) is 4.79 Å².